The minimum Gasteiger partial charge on any atom is -0.393 e. The summed E-state index contributed by atoms with van der Waals surface area (Å²) in [5, 5.41) is 0. The highest BCUT2D eigenvalue weighted by molar-refractivity contribution is 7.80. The van der Waals surface area contributed by atoms with Crippen LogP contribution in [-0.2, 0) is 6.54 Å². The van der Waals surface area contributed by atoms with Gasteiger partial charge in [-0.25, -0.2) is 4.98 Å². The molecule has 0 bridgehead atoms. The largest absolute Gasteiger partial charge is 0.393 e. The van der Waals surface area contributed by atoms with Gasteiger partial charge < -0.3 is 10.3 Å². The van der Waals surface area contributed by atoms with Crippen LogP contribution in [0.3, 0.4) is 0 Å². The van der Waals surface area contributed by atoms with Crippen LogP contribution < -0.4 is 5.73 Å². The molecule has 1 aromatic heterocycles. The van der Waals surface area contributed by atoms with E-state index in [-0.39, 0.29) is 0 Å². The molecule has 78 valence electrons. The second-order valence-corrected chi connectivity index (χ2v) is 4.06. The molecule has 0 fully saturated rings. The molecule has 14 heavy (non-hydrogen) atoms. The summed E-state index contributed by atoms with van der Waals surface area (Å²) < 4.78 is 2.18. The van der Waals surface area contributed by atoms with Gasteiger partial charge in [0, 0.05) is 12.2 Å². The zero-order valence-corrected chi connectivity index (χ0v) is 9.60. The first-order chi connectivity index (χ1) is 6.61. The van der Waals surface area contributed by atoms with Gasteiger partial charge in [-0.3, -0.25) is 0 Å². The van der Waals surface area contributed by atoms with Gasteiger partial charge in [0.25, 0.3) is 0 Å². The minimum atomic E-state index is 0.614. The number of thiocarbonyl (C=S) groups is 1. The lowest BCUT2D eigenvalue weighted by atomic mass is 10.2. The van der Waals surface area contributed by atoms with E-state index >= 15 is 0 Å². The number of aryl methyl sites for hydroxylation is 2. The molecule has 0 spiro atoms. The van der Waals surface area contributed by atoms with Gasteiger partial charge in [0.1, 0.15) is 0 Å². The second kappa shape index (κ2) is 5.10. The van der Waals surface area contributed by atoms with E-state index in [4.69, 9.17) is 18.0 Å². The van der Waals surface area contributed by atoms with Crippen LogP contribution in [0.15, 0.2) is 6.33 Å². The smallest absolute Gasteiger partial charge is 0.0951 e. The highest BCUT2D eigenvalue weighted by Crippen LogP contribution is 2.06. The normalized spacial score (nSPS) is 10.4. The molecule has 3 nitrogen and oxygen atoms in total. The van der Waals surface area contributed by atoms with Crippen molar-refractivity contribution >= 4 is 17.2 Å². The predicted octanol–water partition coefficient (Wildman–Crippen LogP) is 1.96. The van der Waals surface area contributed by atoms with Crippen molar-refractivity contribution in [2.24, 2.45) is 5.73 Å². The van der Waals surface area contributed by atoms with E-state index in [9.17, 15) is 0 Å². The lowest BCUT2D eigenvalue weighted by Crippen LogP contribution is -2.07. The van der Waals surface area contributed by atoms with E-state index < -0.39 is 0 Å². The zero-order valence-electron chi connectivity index (χ0n) is 8.79. The standard InChI is InChI=1S/C10H17N3S/c1-8-9(2)13(7-12-8)6-4-3-5-10(11)14/h7H,3-6H2,1-2H3,(H2,11,14). The van der Waals surface area contributed by atoms with Crippen molar-refractivity contribution in [1.29, 1.82) is 0 Å². The third-order valence-electron chi connectivity index (χ3n) is 2.42. The molecule has 1 aromatic rings. The first-order valence-electron chi connectivity index (χ1n) is 4.88. The zero-order chi connectivity index (χ0) is 10.6. The predicted molar refractivity (Wildman–Crippen MR) is 62.3 cm³/mol. The Balaban J connectivity index is 2.31. The summed E-state index contributed by atoms with van der Waals surface area (Å²) in [6.07, 6.45) is 4.91. The van der Waals surface area contributed by atoms with E-state index in [0.717, 1.165) is 31.5 Å². The summed E-state index contributed by atoms with van der Waals surface area (Å²) >= 11 is 4.81. The van der Waals surface area contributed by atoms with E-state index in [2.05, 4.69) is 16.5 Å². The molecule has 0 atom stereocenters. The number of hydrogen-bond acceptors (Lipinski definition) is 2. The van der Waals surface area contributed by atoms with Crippen molar-refractivity contribution in [1.82, 2.24) is 9.55 Å². The maximum atomic E-state index is 5.42. The van der Waals surface area contributed by atoms with E-state index in [1.165, 1.54) is 5.69 Å². The Bertz CT molecular complexity index is 317. The lowest BCUT2D eigenvalue weighted by Gasteiger charge is -2.04. The first kappa shape index (κ1) is 11.2. The van der Waals surface area contributed by atoms with Crippen molar-refractivity contribution in [2.75, 3.05) is 0 Å². The highest BCUT2D eigenvalue weighted by atomic mass is 32.1. The van der Waals surface area contributed by atoms with Crippen molar-refractivity contribution in [2.45, 2.75) is 39.7 Å². The number of nitrogens with two attached hydrogens (primary N) is 1. The number of unbranched alkanes of at least 4 members (excludes halogenated alkanes) is 1. The van der Waals surface area contributed by atoms with Crippen LogP contribution in [0.5, 0.6) is 0 Å². The molecule has 0 amide bonds. The first-order valence-corrected chi connectivity index (χ1v) is 5.28. The number of nitrogens with zero attached hydrogens (tertiary/aromatic N) is 2. The van der Waals surface area contributed by atoms with Crippen molar-refractivity contribution in [3.63, 3.8) is 0 Å². The molecule has 0 saturated heterocycles. The van der Waals surface area contributed by atoms with Crippen molar-refractivity contribution in [3.05, 3.63) is 17.7 Å². The van der Waals surface area contributed by atoms with E-state index in [1.807, 2.05) is 13.3 Å². The van der Waals surface area contributed by atoms with Crippen LogP contribution in [0.25, 0.3) is 0 Å². The summed E-state index contributed by atoms with van der Waals surface area (Å²) in [4.78, 5) is 4.86. The fourth-order valence-electron chi connectivity index (χ4n) is 1.35. The maximum Gasteiger partial charge on any atom is 0.0951 e. The summed E-state index contributed by atoms with van der Waals surface area (Å²) in [6, 6.07) is 0. The van der Waals surface area contributed by atoms with Gasteiger partial charge in [-0.1, -0.05) is 12.2 Å². The molecule has 0 unspecified atom stereocenters. The Kier molecular flexibility index (Phi) is 4.07. The molecule has 1 heterocycles. The molecule has 0 saturated carbocycles. The number of rotatable bonds is 5. The maximum absolute atomic E-state index is 5.42. The van der Waals surface area contributed by atoms with Crippen LogP contribution >= 0.6 is 12.2 Å². The van der Waals surface area contributed by atoms with Gasteiger partial charge in [0.2, 0.25) is 0 Å². The molecule has 0 aliphatic heterocycles. The summed E-state index contributed by atoms with van der Waals surface area (Å²) in [5.74, 6) is 0. The van der Waals surface area contributed by atoms with Crippen LogP contribution in [0, 0.1) is 13.8 Å². The van der Waals surface area contributed by atoms with Crippen molar-refractivity contribution in [3.8, 4) is 0 Å². The third-order valence-corrected chi connectivity index (χ3v) is 2.62. The van der Waals surface area contributed by atoms with Gasteiger partial charge in [0.15, 0.2) is 0 Å². The van der Waals surface area contributed by atoms with Crippen LogP contribution in [0.2, 0.25) is 0 Å². The molecule has 1 rings (SSSR count). The lowest BCUT2D eigenvalue weighted by molar-refractivity contribution is 0.608. The molecule has 0 aromatic carbocycles. The average Bonchev–Trinajstić information content (AvgIpc) is 2.43. The molecule has 2 N–H and O–H groups in total. The van der Waals surface area contributed by atoms with E-state index in [1.54, 1.807) is 0 Å². The SMILES string of the molecule is Cc1ncn(CCCCC(N)=S)c1C. The van der Waals surface area contributed by atoms with Gasteiger partial charge in [-0.05, 0) is 33.1 Å². The molecular formula is C10H17N3S. The Labute approximate surface area is 90.3 Å². The quantitative estimate of drug-likeness (QED) is 0.598. The van der Waals surface area contributed by atoms with Gasteiger partial charge in [0.05, 0.1) is 17.0 Å². The van der Waals surface area contributed by atoms with E-state index in [0.29, 0.717) is 4.99 Å². The summed E-state index contributed by atoms with van der Waals surface area (Å²) in [5.41, 5.74) is 7.78. The third kappa shape index (κ3) is 3.10. The number of hydrogen-bond donors (Lipinski definition) is 1. The second-order valence-electron chi connectivity index (χ2n) is 3.53. The molecule has 0 aliphatic carbocycles. The van der Waals surface area contributed by atoms with Gasteiger partial charge >= 0.3 is 0 Å². The molecule has 4 heteroatoms. The van der Waals surface area contributed by atoms with Crippen molar-refractivity contribution < 1.29 is 0 Å². The topological polar surface area (TPSA) is 43.8 Å². The van der Waals surface area contributed by atoms with Crippen LogP contribution in [-0.4, -0.2) is 14.5 Å². The highest BCUT2D eigenvalue weighted by Gasteiger charge is 2.00. The van der Waals surface area contributed by atoms with Gasteiger partial charge in [-0.15, -0.1) is 0 Å². The van der Waals surface area contributed by atoms with Crippen LogP contribution in [0.4, 0.5) is 0 Å². The summed E-state index contributed by atoms with van der Waals surface area (Å²) in [7, 11) is 0. The Morgan fingerprint density at radius 1 is 1.50 bits per heavy atom. The summed E-state index contributed by atoms with van der Waals surface area (Å²) in [6.45, 7) is 5.13. The molecule has 0 aliphatic rings. The van der Waals surface area contributed by atoms with Gasteiger partial charge in [-0.2, -0.15) is 0 Å². The molecular weight excluding hydrogens is 194 g/mol. The number of imidazole rings is 1. The average molecular weight is 211 g/mol. The Hall–Kier alpha value is -0.900. The fraction of sp³-hybridized carbons (Fsp3) is 0.600. The minimum absolute atomic E-state index is 0.614. The monoisotopic (exact) mass is 211 g/mol. The molecule has 0 radical (unpaired) electrons. The number of aromatic nitrogens is 2. The fourth-order valence-corrected chi connectivity index (χ4v) is 1.50. The Morgan fingerprint density at radius 2 is 2.21 bits per heavy atom. The van der Waals surface area contributed by atoms with Crippen LogP contribution in [0.1, 0.15) is 30.7 Å². The Morgan fingerprint density at radius 3 is 2.71 bits per heavy atom.